The zero-order valence-electron chi connectivity index (χ0n) is 11.7. The van der Waals surface area contributed by atoms with Crippen molar-refractivity contribution in [3.8, 4) is 0 Å². The molecule has 1 heterocycles. The molecule has 0 spiro atoms. The van der Waals surface area contributed by atoms with Crippen molar-refractivity contribution in [1.82, 2.24) is 4.98 Å². The van der Waals surface area contributed by atoms with Crippen molar-refractivity contribution in [2.75, 3.05) is 11.9 Å². The second-order valence-corrected chi connectivity index (χ2v) is 5.50. The molecule has 1 aromatic carbocycles. The fourth-order valence-corrected chi connectivity index (χ4v) is 2.31. The van der Waals surface area contributed by atoms with E-state index in [9.17, 15) is 0 Å². The second-order valence-electron chi connectivity index (χ2n) is 4.79. The molecule has 0 saturated heterocycles. The zero-order valence-corrected chi connectivity index (χ0v) is 13.2. The smallest absolute Gasteiger partial charge is 0.129 e. The van der Waals surface area contributed by atoms with Crippen LogP contribution in [0.1, 0.15) is 23.7 Å². The molecule has 1 aromatic heterocycles. The highest BCUT2D eigenvalue weighted by Crippen LogP contribution is 2.19. The van der Waals surface area contributed by atoms with Gasteiger partial charge < -0.3 is 4.90 Å². The van der Waals surface area contributed by atoms with E-state index < -0.39 is 0 Å². The highest BCUT2D eigenvalue weighted by atomic mass is 35.5. The predicted molar refractivity (Wildman–Crippen MR) is 86.7 cm³/mol. The molecule has 2 rings (SSSR count). The van der Waals surface area contributed by atoms with Crippen molar-refractivity contribution in [3.05, 3.63) is 58.2 Å². The van der Waals surface area contributed by atoms with Crippen LogP contribution in [0.4, 0.5) is 5.82 Å². The molecular weight excluding hydrogens is 291 g/mol. The van der Waals surface area contributed by atoms with Gasteiger partial charge in [0.1, 0.15) is 5.82 Å². The van der Waals surface area contributed by atoms with Crippen LogP contribution in [0.25, 0.3) is 0 Å². The Morgan fingerprint density at radius 2 is 1.80 bits per heavy atom. The Morgan fingerprint density at radius 3 is 2.40 bits per heavy atom. The fourth-order valence-electron chi connectivity index (χ4n) is 2.03. The number of aromatic nitrogens is 1. The number of nitrogens with zero attached hydrogens (tertiary/aromatic N) is 2. The summed E-state index contributed by atoms with van der Waals surface area (Å²) in [7, 11) is 2.04. The van der Waals surface area contributed by atoms with Crippen molar-refractivity contribution < 1.29 is 0 Å². The predicted octanol–water partition coefficient (Wildman–Crippen LogP) is 4.67. The molecule has 0 saturated carbocycles. The van der Waals surface area contributed by atoms with Gasteiger partial charge in [-0.2, -0.15) is 0 Å². The highest BCUT2D eigenvalue weighted by molar-refractivity contribution is 6.30. The summed E-state index contributed by atoms with van der Waals surface area (Å²) >= 11 is 11.9. The highest BCUT2D eigenvalue weighted by Gasteiger charge is 2.07. The number of pyridine rings is 1. The average Bonchev–Trinajstić information content (AvgIpc) is 2.48. The molecule has 4 heteroatoms. The molecule has 2 aromatic rings. The van der Waals surface area contributed by atoms with Gasteiger partial charge in [0.2, 0.25) is 0 Å². The molecular formula is C16H18Cl2N2. The number of alkyl halides is 1. The Bertz CT molecular complexity index is 545. The van der Waals surface area contributed by atoms with Crippen molar-refractivity contribution in [2.45, 2.75) is 25.8 Å². The largest absolute Gasteiger partial charge is 0.355 e. The molecule has 0 fully saturated rings. The average molecular weight is 309 g/mol. The standard InChI is InChI=1S/C16H18Cl2N2/c1-3-15-8-13(10-17)9-16(19-15)20(2)11-12-4-6-14(18)7-5-12/h4-9H,3,10-11H2,1-2H3. The third kappa shape index (κ3) is 3.87. The number of hydrogen-bond donors (Lipinski definition) is 0. The lowest BCUT2D eigenvalue weighted by molar-refractivity contribution is 0.880. The summed E-state index contributed by atoms with van der Waals surface area (Å²) in [5.74, 6) is 1.46. The first-order valence-electron chi connectivity index (χ1n) is 6.63. The summed E-state index contributed by atoms with van der Waals surface area (Å²) in [4.78, 5) is 6.78. The maximum atomic E-state index is 5.95. The van der Waals surface area contributed by atoms with E-state index in [2.05, 4.69) is 22.9 Å². The van der Waals surface area contributed by atoms with E-state index in [1.165, 1.54) is 5.56 Å². The first-order chi connectivity index (χ1) is 9.62. The van der Waals surface area contributed by atoms with Gasteiger partial charge in [-0.3, -0.25) is 0 Å². The quantitative estimate of drug-likeness (QED) is 0.746. The molecule has 0 unspecified atom stereocenters. The molecule has 106 valence electrons. The van der Waals surface area contributed by atoms with Crippen LogP contribution in [-0.4, -0.2) is 12.0 Å². The molecule has 0 aliphatic rings. The van der Waals surface area contributed by atoms with Gasteiger partial charge in [0.25, 0.3) is 0 Å². The Balaban J connectivity index is 2.19. The molecule has 0 aliphatic carbocycles. The van der Waals surface area contributed by atoms with Crippen LogP contribution >= 0.6 is 23.2 Å². The maximum Gasteiger partial charge on any atom is 0.129 e. The lowest BCUT2D eigenvalue weighted by atomic mass is 10.2. The van der Waals surface area contributed by atoms with Gasteiger partial charge in [-0.1, -0.05) is 30.7 Å². The zero-order chi connectivity index (χ0) is 14.5. The Hall–Kier alpha value is -1.25. The van der Waals surface area contributed by atoms with Gasteiger partial charge in [0.05, 0.1) is 0 Å². The van der Waals surface area contributed by atoms with Gasteiger partial charge in [0, 0.05) is 30.2 Å². The fraction of sp³-hybridized carbons (Fsp3) is 0.312. The van der Waals surface area contributed by atoms with Crippen LogP contribution in [0.3, 0.4) is 0 Å². The number of benzene rings is 1. The summed E-state index contributed by atoms with van der Waals surface area (Å²) in [5.41, 5.74) is 3.38. The first kappa shape index (κ1) is 15.1. The summed E-state index contributed by atoms with van der Waals surface area (Å²) < 4.78 is 0. The summed E-state index contributed by atoms with van der Waals surface area (Å²) in [6, 6.07) is 12.0. The SMILES string of the molecule is CCc1cc(CCl)cc(N(C)Cc2ccc(Cl)cc2)n1. The molecule has 0 amide bonds. The topological polar surface area (TPSA) is 16.1 Å². The lowest BCUT2D eigenvalue weighted by Crippen LogP contribution is -2.18. The normalized spacial score (nSPS) is 10.6. The summed E-state index contributed by atoms with van der Waals surface area (Å²) in [6.45, 7) is 2.89. The number of aryl methyl sites for hydroxylation is 1. The minimum atomic E-state index is 0.511. The number of hydrogen-bond acceptors (Lipinski definition) is 2. The van der Waals surface area contributed by atoms with Crippen LogP contribution in [-0.2, 0) is 18.8 Å². The number of rotatable bonds is 5. The second kappa shape index (κ2) is 6.96. The summed E-state index contributed by atoms with van der Waals surface area (Å²) in [6.07, 6.45) is 0.909. The van der Waals surface area contributed by atoms with Crippen molar-refractivity contribution >= 4 is 29.0 Å². The third-order valence-corrected chi connectivity index (χ3v) is 3.73. The van der Waals surface area contributed by atoms with Gasteiger partial charge in [0.15, 0.2) is 0 Å². The third-order valence-electron chi connectivity index (χ3n) is 3.17. The Kier molecular flexibility index (Phi) is 5.27. The van der Waals surface area contributed by atoms with Crippen LogP contribution in [0.15, 0.2) is 36.4 Å². The minimum absolute atomic E-state index is 0.511. The van der Waals surface area contributed by atoms with E-state index >= 15 is 0 Å². The van der Waals surface area contributed by atoms with Gasteiger partial charge in [-0.05, 0) is 41.8 Å². The molecule has 0 radical (unpaired) electrons. The molecule has 0 N–H and O–H groups in total. The van der Waals surface area contributed by atoms with E-state index in [0.29, 0.717) is 5.88 Å². The van der Waals surface area contributed by atoms with Gasteiger partial charge in [-0.15, -0.1) is 11.6 Å². The van der Waals surface area contributed by atoms with Crippen LogP contribution in [0, 0.1) is 0 Å². The van der Waals surface area contributed by atoms with E-state index in [0.717, 1.165) is 35.1 Å². The molecule has 2 nitrogen and oxygen atoms in total. The monoisotopic (exact) mass is 308 g/mol. The van der Waals surface area contributed by atoms with E-state index in [1.807, 2.05) is 37.4 Å². The van der Waals surface area contributed by atoms with E-state index in [4.69, 9.17) is 23.2 Å². The van der Waals surface area contributed by atoms with E-state index in [-0.39, 0.29) is 0 Å². The van der Waals surface area contributed by atoms with Crippen LogP contribution < -0.4 is 4.90 Å². The molecule has 20 heavy (non-hydrogen) atoms. The van der Waals surface area contributed by atoms with Crippen molar-refractivity contribution in [1.29, 1.82) is 0 Å². The van der Waals surface area contributed by atoms with Gasteiger partial charge in [-0.25, -0.2) is 4.98 Å². The van der Waals surface area contributed by atoms with Crippen LogP contribution in [0.5, 0.6) is 0 Å². The van der Waals surface area contributed by atoms with Crippen molar-refractivity contribution in [2.24, 2.45) is 0 Å². The molecule has 0 aliphatic heterocycles. The number of halogens is 2. The first-order valence-corrected chi connectivity index (χ1v) is 7.55. The van der Waals surface area contributed by atoms with Crippen LogP contribution in [0.2, 0.25) is 5.02 Å². The molecule has 0 atom stereocenters. The van der Waals surface area contributed by atoms with Crippen molar-refractivity contribution in [3.63, 3.8) is 0 Å². The Labute approximate surface area is 130 Å². The minimum Gasteiger partial charge on any atom is -0.355 e. The Morgan fingerprint density at radius 1 is 1.10 bits per heavy atom. The molecule has 0 bridgehead atoms. The maximum absolute atomic E-state index is 5.95. The summed E-state index contributed by atoms with van der Waals surface area (Å²) in [5, 5.41) is 0.756. The van der Waals surface area contributed by atoms with Gasteiger partial charge >= 0.3 is 0 Å². The number of anilines is 1. The van der Waals surface area contributed by atoms with E-state index in [1.54, 1.807) is 0 Å². The lowest BCUT2D eigenvalue weighted by Gasteiger charge is -2.20.